The van der Waals surface area contributed by atoms with E-state index in [1.54, 1.807) is 0 Å². The Balaban J connectivity index is 1.55. The Hall–Kier alpha value is -2.19. The maximum absolute atomic E-state index is 12.1. The first-order valence-corrected chi connectivity index (χ1v) is 9.66. The van der Waals surface area contributed by atoms with Gasteiger partial charge in [-0.1, -0.05) is 55.4 Å². The average molecular weight is 374 g/mol. The first-order valence-electron chi connectivity index (χ1n) is 7.80. The molecule has 0 saturated heterocycles. The molecule has 3 aromatic rings. The van der Waals surface area contributed by atoms with Crippen molar-refractivity contribution in [3.63, 3.8) is 0 Å². The normalized spacial score (nSPS) is 11.0. The molecule has 3 rings (SSSR count). The van der Waals surface area contributed by atoms with Gasteiger partial charge < -0.3 is 9.73 Å². The second-order valence-corrected chi connectivity index (χ2v) is 7.59. The van der Waals surface area contributed by atoms with Crippen LogP contribution in [0.25, 0.3) is 11.3 Å². The average Bonchev–Trinajstić information content (AvgIpc) is 3.23. The second-order valence-electron chi connectivity index (χ2n) is 5.80. The molecule has 1 amide bonds. The lowest BCUT2D eigenvalue weighted by molar-refractivity contribution is -0.113. The molecule has 25 heavy (non-hydrogen) atoms. The number of hydrogen-bond donors (Lipinski definition) is 1. The zero-order valence-electron chi connectivity index (χ0n) is 14.1. The Kier molecular flexibility index (Phi) is 5.50. The van der Waals surface area contributed by atoms with Gasteiger partial charge in [0.25, 0.3) is 5.22 Å². The van der Waals surface area contributed by atoms with Crippen molar-refractivity contribution < 1.29 is 9.21 Å². The van der Waals surface area contributed by atoms with Gasteiger partial charge in [0.1, 0.15) is 0 Å². The number of carbonyl (C=O) groups is 1. The fraction of sp³-hybridized carbons (Fsp3) is 0.294. The fourth-order valence-corrected chi connectivity index (χ4v) is 3.29. The quantitative estimate of drug-likeness (QED) is 0.646. The third kappa shape index (κ3) is 4.67. The van der Waals surface area contributed by atoms with Gasteiger partial charge in [0.05, 0.1) is 11.4 Å². The summed E-state index contributed by atoms with van der Waals surface area (Å²) < 4.78 is 5.46. The predicted octanol–water partition coefficient (Wildman–Crippen LogP) is 4.36. The molecular formula is C17H18N4O2S2. The highest BCUT2D eigenvalue weighted by molar-refractivity contribution is 7.99. The SMILES string of the molecule is Cc1ccc(-c2csc(NC(=O)CSc3nnc(C(C)C)o3)n2)cc1. The van der Waals surface area contributed by atoms with E-state index in [-0.39, 0.29) is 17.6 Å². The van der Waals surface area contributed by atoms with Crippen molar-refractivity contribution in [2.45, 2.75) is 31.9 Å². The molecule has 0 aliphatic rings. The van der Waals surface area contributed by atoms with Crippen LogP contribution in [0.4, 0.5) is 5.13 Å². The molecule has 0 radical (unpaired) electrons. The summed E-state index contributed by atoms with van der Waals surface area (Å²) in [5.41, 5.74) is 3.08. The summed E-state index contributed by atoms with van der Waals surface area (Å²) in [5.74, 6) is 0.787. The highest BCUT2D eigenvalue weighted by Crippen LogP contribution is 2.26. The molecule has 1 N–H and O–H groups in total. The van der Waals surface area contributed by atoms with Crippen LogP contribution in [0.15, 0.2) is 39.3 Å². The summed E-state index contributed by atoms with van der Waals surface area (Å²) in [6.07, 6.45) is 0. The van der Waals surface area contributed by atoms with Crippen LogP contribution in [0.2, 0.25) is 0 Å². The number of anilines is 1. The summed E-state index contributed by atoms with van der Waals surface area (Å²) in [4.78, 5) is 16.5. The molecule has 0 unspecified atom stereocenters. The molecule has 0 spiro atoms. The zero-order chi connectivity index (χ0) is 17.8. The number of nitrogens with zero attached hydrogens (tertiary/aromatic N) is 3. The zero-order valence-corrected chi connectivity index (χ0v) is 15.8. The topological polar surface area (TPSA) is 80.9 Å². The summed E-state index contributed by atoms with van der Waals surface area (Å²) in [7, 11) is 0. The van der Waals surface area contributed by atoms with E-state index in [1.807, 2.05) is 50.4 Å². The number of thiazole rings is 1. The van der Waals surface area contributed by atoms with E-state index < -0.39 is 0 Å². The molecule has 2 aromatic heterocycles. The second kappa shape index (κ2) is 7.79. The minimum atomic E-state index is -0.154. The van der Waals surface area contributed by atoms with E-state index in [1.165, 1.54) is 28.7 Å². The third-order valence-electron chi connectivity index (χ3n) is 3.34. The van der Waals surface area contributed by atoms with Crippen LogP contribution in [0.5, 0.6) is 0 Å². The van der Waals surface area contributed by atoms with Crippen molar-refractivity contribution in [3.8, 4) is 11.3 Å². The number of aryl methyl sites for hydroxylation is 1. The van der Waals surface area contributed by atoms with Crippen LogP contribution in [-0.4, -0.2) is 26.8 Å². The lowest BCUT2D eigenvalue weighted by Crippen LogP contribution is -2.13. The van der Waals surface area contributed by atoms with Gasteiger partial charge in [-0.05, 0) is 6.92 Å². The molecule has 6 nitrogen and oxygen atoms in total. The van der Waals surface area contributed by atoms with Crippen LogP contribution in [0.3, 0.4) is 0 Å². The van der Waals surface area contributed by atoms with Gasteiger partial charge in [-0.15, -0.1) is 21.5 Å². The monoisotopic (exact) mass is 374 g/mol. The van der Waals surface area contributed by atoms with Gasteiger partial charge >= 0.3 is 0 Å². The largest absolute Gasteiger partial charge is 0.416 e. The minimum absolute atomic E-state index is 0.154. The molecule has 8 heteroatoms. The van der Waals surface area contributed by atoms with Crippen LogP contribution in [0, 0.1) is 6.92 Å². The number of benzene rings is 1. The van der Waals surface area contributed by atoms with Crippen molar-refractivity contribution in [2.24, 2.45) is 0 Å². The van der Waals surface area contributed by atoms with E-state index in [0.717, 1.165) is 11.3 Å². The first-order chi connectivity index (χ1) is 12.0. The number of nitrogens with one attached hydrogen (secondary N) is 1. The van der Waals surface area contributed by atoms with Crippen LogP contribution >= 0.6 is 23.1 Å². The molecule has 0 fully saturated rings. The molecule has 1 aromatic carbocycles. The Morgan fingerprint density at radius 2 is 2.04 bits per heavy atom. The minimum Gasteiger partial charge on any atom is -0.416 e. The number of carbonyl (C=O) groups excluding carboxylic acids is 1. The predicted molar refractivity (Wildman–Crippen MR) is 100 cm³/mol. The van der Waals surface area contributed by atoms with Gasteiger partial charge in [-0.25, -0.2) is 4.98 Å². The highest BCUT2D eigenvalue weighted by Gasteiger charge is 2.13. The molecule has 0 bridgehead atoms. The van der Waals surface area contributed by atoms with E-state index >= 15 is 0 Å². The van der Waals surface area contributed by atoms with Crippen molar-refractivity contribution in [2.75, 3.05) is 11.1 Å². The van der Waals surface area contributed by atoms with Gasteiger partial charge in [-0.3, -0.25) is 4.79 Å². The number of thioether (sulfide) groups is 1. The first kappa shape index (κ1) is 17.6. The number of hydrogen-bond acceptors (Lipinski definition) is 7. The number of rotatable bonds is 6. The number of aromatic nitrogens is 3. The Bertz CT molecular complexity index is 856. The summed E-state index contributed by atoms with van der Waals surface area (Å²) >= 11 is 2.62. The lowest BCUT2D eigenvalue weighted by atomic mass is 10.1. The van der Waals surface area contributed by atoms with Crippen LogP contribution < -0.4 is 5.32 Å². The lowest BCUT2D eigenvalue weighted by Gasteiger charge is -2.00. The third-order valence-corrected chi connectivity index (χ3v) is 4.92. The van der Waals surface area contributed by atoms with Crippen molar-refractivity contribution in [1.82, 2.24) is 15.2 Å². The molecule has 0 aliphatic heterocycles. The Morgan fingerprint density at radius 1 is 1.28 bits per heavy atom. The molecule has 0 atom stereocenters. The van der Waals surface area contributed by atoms with Crippen LogP contribution in [0.1, 0.15) is 31.2 Å². The van der Waals surface area contributed by atoms with Crippen molar-refractivity contribution in [1.29, 1.82) is 0 Å². The Labute approximate surface area is 154 Å². The molecular weight excluding hydrogens is 356 g/mol. The molecule has 130 valence electrons. The maximum Gasteiger partial charge on any atom is 0.277 e. The van der Waals surface area contributed by atoms with Crippen molar-refractivity contribution >= 4 is 34.1 Å². The standard InChI is InChI=1S/C17H18N4O2S2/c1-10(2)15-20-21-17(23-15)25-9-14(22)19-16-18-13(8-24-16)12-6-4-11(3)5-7-12/h4-8,10H,9H2,1-3H3,(H,18,19,22). The van der Waals surface area contributed by atoms with Gasteiger partial charge in [0.15, 0.2) is 5.13 Å². The van der Waals surface area contributed by atoms with Gasteiger partial charge in [-0.2, -0.15) is 0 Å². The fourth-order valence-electron chi connectivity index (χ4n) is 1.98. The smallest absolute Gasteiger partial charge is 0.277 e. The van der Waals surface area contributed by atoms with E-state index in [4.69, 9.17) is 4.42 Å². The summed E-state index contributed by atoms with van der Waals surface area (Å²) in [6, 6.07) is 8.13. The van der Waals surface area contributed by atoms with E-state index in [0.29, 0.717) is 16.2 Å². The van der Waals surface area contributed by atoms with E-state index in [9.17, 15) is 4.79 Å². The molecule has 0 saturated carbocycles. The highest BCUT2D eigenvalue weighted by atomic mass is 32.2. The summed E-state index contributed by atoms with van der Waals surface area (Å²) in [5, 5.41) is 13.6. The molecule has 2 heterocycles. The summed E-state index contributed by atoms with van der Waals surface area (Å²) in [6.45, 7) is 5.99. The van der Waals surface area contributed by atoms with Gasteiger partial charge in [0.2, 0.25) is 11.8 Å². The van der Waals surface area contributed by atoms with Crippen LogP contribution in [-0.2, 0) is 4.79 Å². The maximum atomic E-state index is 12.1. The Morgan fingerprint density at radius 3 is 2.72 bits per heavy atom. The van der Waals surface area contributed by atoms with Gasteiger partial charge in [0, 0.05) is 16.9 Å². The molecule has 0 aliphatic carbocycles. The van der Waals surface area contributed by atoms with E-state index in [2.05, 4.69) is 20.5 Å². The number of amides is 1. The van der Waals surface area contributed by atoms with Crippen molar-refractivity contribution in [3.05, 3.63) is 41.1 Å².